The Morgan fingerprint density at radius 3 is 2.80 bits per heavy atom. The maximum absolute atomic E-state index is 11.6. The fourth-order valence-electron chi connectivity index (χ4n) is 1.36. The number of amides is 1. The van der Waals surface area contributed by atoms with Crippen LogP contribution in [-0.2, 0) is 4.79 Å². The van der Waals surface area contributed by atoms with Gasteiger partial charge in [-0.3, -0.25) is 4.79 Å². The summed E-state index contributed by atoms with van der Waals surface area (Å²) < 4.78 is 0. The van der Waals surface area contributed by atoms with Crippen LogP contribution in [0.1, 0.15) is 26.2 Å². The van der Waals surface area contributed by atoms with E-state index >= 15 is 0 Å². The summed E-state index contributed by atoms with van der Waals surface area (Å²) in [6.07, 6.45) is 7.86. The highest BCUT2D eigenvalue weighted by Gasteiger charge is 2.15. The Morgan fingerprint density at radius 1 is 1.53 bits per heavy atom. The highest BCUT2D eigenvalue weighted by atomic mass is 16.1. The summed E-state index contributed by atoms with van der Waals surface area (Å²) in [5.74, 6) is 2.65. The Morgan fingerprint density at radius 2 is 2.27 bits per heavy atom. The Bertz CT molecular complexity index is 293. The predicted molar refractivity (Wildman–Crippen MR) is 61.3 cm³/mol. The van der Waals surface area contributed by atoms with Crippen LogP contribution in [0.5, 0.6) is 0 Å². The van der Waals surface area contributed by atoms with Gasteiger partial charge in [0.25, 0.3) is 0 Å². The molecule has 82 valence electrons. The van der Waals surface area contributed by atoms with E-state index in [-0.39, 0.29) is 5.91 Å². The lowest BCUT2D eigenvalue weighted by atomic mass is 10.0. The van der Waals surface area contributed by atoms with Gasteiger partial charge in [0.05, 0.1) is 0 Å². The Kier molecular flexibility index (Phi) is 4.92. The molecule has 15 heavy (non-hydrogen) atoms. The molecule has 0 radical (unpaired) electrons. The molecule has 0 aromatic heterocycles. The molecule has 0 aromatic carbocycles. The van der Waals surface area contributed by atoms with Crippen LogP contribution in [0.2, 0.25) is 0 Å². The minimum atomic E-state index is 0.0622. The fraction of sp³-hybridized carbons (Fsp3) is 0.583. The first-order valence-electron chi connectivity index (χ1n) is 5.36. The third-order valence-electron chi connectivity index (χ3n) is 2.58. The largest absolute Gasteiger partial charge is 0.352 e. The summed E-state index contributed by atoms with van der Waals surface area (Å²) in [6.45, 7) is 4.32. The van der Waals surface area contributed by atoms with Gasteiger partial charge in [-0.05, 0) is 25.3 Å². The maximum atomic E-state index is 11.6. The van der Waals surface area contributed by atoms with E-state index in [1.54, 1.807) is 0 Å². The van der Waals surface area contributed by atoms with Gasteiger partial charge in [0.2, 0.25) is 5.91 Å². The number of unbranched alkanes of at least 4 members (excludes halogenated alkanes) is 2. The minimum Gasteiger partial charge on any atom is -0.352 e. The molecule has 1 aliphatic heterocycles. The molecule has 1 fully saturated rings. The van der Waals surface area contributed by atoms with E-state index in [1.165, 1.54) is 5.57 Å². The fourth-order valence-corrected chi connectivity index (χ4v) is 1.36. The van der Waals surface area contributed by atoms with Crippen molar-refractivity contribution < 1.29 is 4.79 Å². The van der Waals surface area contributed by atoms with Crippen LogP contribution in [0.15, 0.2) is 11.1 Å². The third kappa shape index (κ3) is 3.77. The maximum Gasteiger partial charge on any atom is 0.246 e. The molecule has 3 nitrogen and oxygen atoms in total. The number of rotatable bonds is 5. The average molecular weight is 206 g/mol. The summed E-state index contributed by atoms with van der Waals surface area (Å²) in [5, 5.41) is 6.02. The van der Waals surface area contributed by atoms with Gasteiger partial charge in [0.15, 0.2) is 0 Å². The zero-order valence-corrected chi connectivity index (χ0v) is 9.23. The zero-order valence-electron chi connectivity index (χ0n) is 9.23. The number of hydrogen-bond donors (Lipinski definition) is 2. The lowest BCUT2D eigenvalue weighted by Crippen LogP contribution is -2.37. The normalized spacial score (nSPS) is 14.0. The monoisotopic (exact) mass is 206 g/mol. The second kappa shape index (κ2) is 6.26. The summed E-state index contributed by atoms with van der Waals surface area (Å²) in [7, 11) is 0. The van der Waals surface area contributed by atoms with E-state index in [0.717, 1.165) is 44.5 Å². The summed E-state index contributed by atoms with van der Waals surface area (Å²) in [4.78, 5) is 11.6. The Balaban J connectivity index is 2.16. The molecule has 0 aliphatic carbocycles. The molecular weight excluding hydrogens is 188 g/mol. The molecule has 1 rings (SSSR count). The van der Waals surface area contributed by atoms with Crippen molar-refractivity contribution in [2.24, 2.45) is 0 Å². The standard InChI is InChI=1S/C12H18N2O/c1-3-4-5-6-7-14-12(15)10(2)11-8-13-9-11/h1,13H,4-9H2,2H3,(H,14,15). The van der Waals surface area contributed by atoms with Crippen LogP contribution in [-0.4, -0.2) is 25.5 Å². The Labute approximate surface area is 91.3 Å². The molecule has 1 aliphatic rings. The van der Waals surface area contributed by atoms with E-state index in [2.05, 4.69) is 16.6 Å². The first kappa shape index (κ1) is 11.8. The van der Waals surface area contributed by atoms with Gasteiger partial charge in [-0.1, -0.05) is 0 Å². The highest BCUT2D eigenvalue weighted by Crippen LogP contribution is 2.08. The van der Waals surface area contributed by atoms with Crippen LogP contribution >= 0.6 is 0 Å². The lowest BCUT2D eigenvalue weighted by Gasteiger charge is -2.21. The molecule has 0 atom stereocenters. The van der Waals surface area contributed by atoms with Crippen molar-refractivity contribution in [3.05, 3.63) is 11.1 Å². The van der Waals surface area contributed by atoms with Gasteiger partial charge in [0.1, 0.15) is 0 Å². The second-order valence-corrected chi connectivity index (χ2v) is 3.75. The molecule has 1 heterocycles. The van der Waals surface area contributed by atoms with Crippen molar-refractivity contribution in [1.29, 1.82) is 0 Å². The highest BCUT2D eigenvalue weighted by molar-refractivity contribution is 5.93. The lowest BCUT2D eigenvalue weighted by molar-refractivity contribution is -0.117. The van der Waals surface area contributed by atoms with Crippen LogP contribution < -0.4 is 10.6 Å². The van der Waals surface area contributed by atoms with Gasteiger partial charge < -0.3 is 10.6 Å². The van der Waals surface area contributed by atoms with E-state index in [1.807, 2.05) is 6.92 Å². The first-order valence-corrected chi connectivity index (χ1v) is 5.36. The van der Waals surface area contributed by atoms with Crippen molar-refractivity contribution in [3.63, 3.8) is 0 Å². The SMILES string of the molecule is C#CCCCCNC(=O)C(C)=C1CNC1. The topological polar surface area (TPSA) is 41.1 Å². The van der Waals surface area contributed by atoms with Crippen molar-refractivity contribution in [2.75, 3.05) is 19.6 Å². The van der Waals surface area contributed by atoms with Crippen molar-refractivity contribution in [3.8, 4) is 12.3 Å². The second-order valence-electron chi connectivity index (χ2n) is 3.75. The predicted octanol–water partition coefficient (Wildman–Crippen LogP) is 0.826. The minimum absolute atomic E-state index is 0.0622. The van der Waals surface area contributed by atoms with Gasteiger partial charge in [0, 0.05) is 31.6 Å². The van der Waals surface area contributed by atoms with Gasteiger partial charge in [-0.25, -0.2) is 0 Å². The van der Waals surface area contributed by atoms with Crippen LogP contribution in [0.4, 0.5) is 0 Å². The van der Waals surface area contributed by atoms with Crippen LogP contribution in [0, 0.1) is 12.3 Å². The molecule has 3 heteroatoms. The first-order chi connectivity index (χ1) is 7.25. The van der Waals surface area contributed by atoms with E-state index in [0.29, 0.717) is 0 Å². The zero-order chi connectivity index (χ0) is 11.1. The van der Waals surface area contributed by atoms with E-state index in [9.17, 15) is 4.79 Å². The molecular formula is C12H18N2O. The van der Waals surface area contributed by atoms with Gasteiger partial charge >= 0.3 is 0 Å². The molecule has 0 spiro atoms. The smallest absolute Gasteiger partial charge is 0.246 e. The number of hydrogen-bond acceptors (Lipinski definition) is 2. The van der Waals surface area contributed by atoms with E-state index < -0.39 is 0 Å². The molecule has 1 amide bonds. The van der Waals surface area contributed by atoms with Crippen molar-refractivity contribution >= 4 is 5.91 Å². The van der Waals surface area contributed by atoms with Gasteiger partial charge in [-0.2, -0.15) is 0 Å². The quantitative estimate of drug-likeness (QED) is 0.397. The van der Waals surface area contributed by atoms with E-state index in [4.69, 9.17) is 6.42 Å². The third-order valence-corrected chi connectivity index (χ3v) is 2.58. The molecule has 0 aromatic rings. The summed E-state index contributed by atoms with van der Waals surface area (Å²) in [5.41, 5.74) is 2.09. The van der Waals surface area contributed by atoms with Crippen LogP contribution in [0.3, 0.4) is 0 Å². The number of carbonyl (C=O) groups excluding carboxylic acids is 1. The Hall–Kier alpha value is -1.27. The molecule has 1 saturated heterocycles. The van der Waals surface area contributed by atoms with Crippen molar-refractivity contribution in [2.45, 2.75) is 26.2 Å². The molecule has 0 bridgehead atoms. The molecule has 0 saturated carbocycles. The van der Waals surface area contributed by atoms with Crippen LogP contribution in [0.25, 0.3) is 0 Å². The average Bonchev–Trinajstić information content (AvgIpc) is 2.14. The molecule has 2 N–H and O–H groups in total. The number of carbonyl (C=O) groups is 1. The van der Waals surface area contributed by atoms with Crippen molar-refractivity contribution in [1.82, 2.24) is 10.6 Å². The molecule has 0 unspecified atom stereocenters. The summed E-state index contributed by atoms with van der Waals surface area (Å²) >= 11 is 0. The summed E-state index contributed by atoms with van der Waals surface area (Å²) in [6, 6.07) is 0. The number of terminal acetylenes is 1. The number of nitrogens with one attached hydrogen (secondary N) is 2. The van der Waals surface area contributed by atoms with Gasteiger partial charge in [-0.15, -0.1) is 12.3 Å².